The minimum atomic E-state index is -0.162. The van der Waals surface area contributed by atoms with Gasteiger partial charge in [0.05, 0.1) is 6.10 Å². The van der Waals surface area contributed by atoms with Crippen molar-refractivity contribution in [3.63, 3.8) is 0 Å². The summed E-state index contributed by atoms with van der Waals surface area (Å²) in [7, 11) is 0. The summed E-state index contributed by atoms with van der Waals surface area (Å²) in [6.45, 7) is 5.11. The molecule has 0 aromatic carbocycles. The zero-order valence-electron chi connectivity index (χ0n) is 11.0. The fraction of sp³-hybridized carbons (Fsp3) is 1.00. The number of rotatable bonds is 5. The molecule has 0 heterocycles. The van der Waals surface area contributed by atoms with Crippen molar-refractivity contribution in [2.24, 2.45) is 5.92 Å². The molecule has 1 unspecified atom stereocenters. The van der Waals surface area contributed by atoms with E-state index in [9.17, 15) is 5.11 Å². The Labute approximate surface area is 101 Å². The van der Waals surface area contributed by atoms with Crippen molar-refractivity contribution < 1.29 is 5.11 Å². The van der Waals surface area contributed by atoms with Crippen LogP contribution in [0.1, 0.15) is 65.2 Å². The van der Waals surface area contributed by atoms with Crippen LogP contribution in [0.5, 0.6) is 0 Å². The summed E-state index contributed by atoms with van der Waals surface area (Å²) >= 11 is 0. The first-order chi connectivity index (χ1) is 7.68. The second-order valence-electron chi connectivity index (χ2n) is 5.73. The maximum absolute atomic E-state index is 9.81. The lowest BCUT2D eigenvalue weighted by Gasteiger charge is -2.23. The van der Waals surface area contributed by atoms with Crippen LogP contribution in [0.2, 0.25) is 0 Å². The molecule has 0 amide bonds. The largest absolute Gasteiger partial charge is 0.392 e. The molecule has 1 saturated carbocycles. The Kier molecular flexibility index (Phi) is 7.06. The fourth-order valence-electron chi connectivity index (χ4n) is 2.59. The van der Waals surface area contributed by atoms with Crippen molar-refractivity contribution in [1.29, 1.82) is 0 Å². The number of hydrogen-bond donors (Lipinski definition) is 2. The summed E-state index contributed by atoms with van der Waals surface area (Å²) in [6, 6.07) is 0.655. The van der Waals surface area contributed by atoms with Crippen molar-refractivity contribution in [3.8, 4) is 0 Å². The number of nitrogens with one attached hydrogen (secondary N) is 1. The van der Waals surface area contributed by atoms with Gasteiger partial charge in [0.1, 0.15) is 0 Å². The van der Waals surface area contributed by atoms with E-state index in [1.54, 1.807) is 0 Å². The Hall–Kier alpha value is -0.0800. The van der Waals surface area contributed by atoms with Gasteiger partial charge in [-0.15, -0.1) is 0 Å². The van der Waals surface area contributed by atoms with Gasteiger partial charge in [0.25, 0.3) is 0 Å². The van der Waals surface area contributed by atoms with Gasteiger partial charge in [-0.25, -0.2) is 0 Å². The molecule has 0 bridgehead atoms. The topological polar surface area (TPSA) is 32.3 Å². The van der Waals surface area contributed by atoms with E-state index >= 15 is 0 Å². The molecular weight excluding hydrogens is 198 g/mol. The van der Waals surface area contributed by atoms with Crippen LogP contribution >= 0.6 is 0 Å². The first-order valence-electron chi connectivity index (χ1n) is 7.10. The highest BCUT2D eigenvalue weighted by molar-refractivity contribution is 4.72. The highest BCUT2D eigenvalue weighted by Crippen LogP contribution is 2.17. The summed E-state index contributed by atoms with van der Waals surface area (Å²) < 4.78 is 0. The van der Waals surface area contributed by atoms with Crippen LogP contribution < -0.4 is 5.32 Å². The maximum Gasteiger partial charge on any atom is 0.0667 e. The molecule has 1 fully saturated rings. The van der Waals surface area contributed by atoms with E-state index in [0.717, 1.165) is 13.0 Å². The first kappa shape index (κ1) is 14.0. The number of aliphatic hydroxyl groups excluding tert-OH is 1. The highest BCUT2D eigenvalue weighted by Gasteiger charge is 2.13. The Morgan fingerprint density at radius 2 is 1.62 bits per heavy atom. The molecule has 96 valence electrons. The zero-order valence-corrected chi connectivity index (χ0v) is 11.0. The van der Waals surface area contributed by atoms with Crippen molar-refractivity contribution >= 4 is 0 Å². The molecule has 0 aliphatic heterocycles. The van der Waals surface area contributed by atoms with Crippen LogP contribution in [-0.4, -0.2) is 23.8 Å². The van der Waals surface area contributed by atoms with Gasteiger partial charge in [-0.05, 0) is 25.2 Å². The first-order valence-corrected chi connectivity index (χ1v) is 7.10. The smallest absolute Gasteiger partial charge is 0.0667 e. The van der Waals surface area contributed by atoms with Crippen LogP contribution in [0.3, 0.4) is 0 Å². The normalized spacial score (nSPS) is 21.8. The third-order valence-corrected chi connectivity index (χ3v) is 3.49. The Morgan fingerprint density at radius 1 is 1.06 bits per heavy atom. The molecule has 1 rings (SSSR count). The molecular formula is C14H29NO. The molecule has 1 atom stereocenters. The van der Waals surface area contributed by atoms with E-state index in [2.05, 4.69) is 19.2 Å². The van der Waals surface area contributed by atoms with Crippen LogP contribution in [-0.2, 0) is 0 Å². The lowest BCUT2D eigenvalue weighted by molar-refractivity contribution is 0.140. The molecule has 2 nitrogen and oxygen atoms in total. The predicted octanol–water partition coefficient (Wildman–Crippen LogP) is 3.10. The summed E-state index contributed by atoms with van der Waals surface area (Å²) in [5.41, 5.74) is 0. The van der Waals surface area contributed by atoms with Crippen molar-refractivity contribution in [1.82, 2.24) is 5.32 Å². The number of hydrogen-bond acceptors (Lipinski definition) is 2. The minimum absolute atomic E-state index is 0.162. The average molecular weight is 227 g/mol. The quantitative estimate of drug-likeness (QED) is 0.756. The molecule has 0 aromatic heterocycles. The molecule has 0 aromatic rings. The van der Waals surface area contributed by atoms with E-state index in [1.807, 2.05) is 0 Å². The predicted molar refractivity (Wildman–Crippen MR) is 69.6 cm³/mol. The van der Waals surface area contributed by atoms with Gasteiger partial charge >= 0.3 is 0 Å². The monoisotopic (exact) mass is 227 g/mol. The van der Waals surface area contributed by atoms with Crippen molar-refractivity contribution in [2.75, 3.05) is 6.54 Å². The van der Waals surface area contributed by atoms with Gasteiger partial charge < -0.3 is 10.4 Å². The van der Waals surface area contributed by atoms with E-state index < -0.39 is 0 Å². The fourth-order valence-corrected chi connectivity index (χ4v) is 2.59. The molecule has 1 aliphatic rings. The molecule has 0 saturated heterocycles. The Bertz CT molecular complexity index is 162. The van der Waals surface area contributed by atoms with Crippen LogP contribution in [0.15, 0.2) is 0 Å². The van der Waals surface area contributed by atoms with Crippen LogP contribution in [0.25, 0.3) is 0 Å². The second kappa shape index (κ2) is 8.08. The summed E-state index contributed by atoms with van der Waals surface area (Å²) in [5.74, 6) is 0.592. The lowest BCUT2D eigenvalue weighted by Crippen LogP contribution is -2.36. The minimum Gasteiger partial charge on any atom is -0.392 e. The molecule has 0 radical (unpaired) electrons. The van der Waals surface area contributed by atoms with Crippen molar-refractivity contribution in [2.45, 2.75) is 77.4 Å². The molecule has 0 spiro atoms. The summed E-state index contributed by atoms with van der Waals surface area (Å²) in [5, 5.41) is 13.4. The van der Waals surface area contributed by atoms with Crippen molar-refractivity contribution in [3.05, 3.63) is 0 Å². The maximum atomic E-state index is 9.81. The third-order valence-electron chi connectivity index (χ3n) is 3.49. The van der Waals surface area contributed by atoms with Gasteiger partial charge in [0.15, 0.2) is 0 Å². The van der Waals surface area contributed by atoms with Gasteiger partial charge in [-0.1, -0.05) is 46.0 Å². The van der Waals surface area contributed by atoms with Gasteiger partial charge in [-0.2, -0.15) is 0 Å². The van der Waals surface area contributed by atoms with Gasteiger partial charge in [-0.3, -0.25) is 0 Å². The SMILES string of the molecule is CC(C)CC(O)CNC1CCCCCCC1. The molecule has 2 heteroatoms. The molecule has 2 N–H and O–H groups in total. The summed E-state index contributed by atoms with van der Waals surface area (Å²) in [6.07, 6.45) is 10.3. The Balaban J connectivity index is 2.14. The highest BCUT2D eigenvalue weighted by atomic mass is 16.3. The van der Waals surface area contributed by atoms with Gasteiger partial charge in [0, 0.05) is 12.6 Å². The average Bonchev–Trinajstić information content (AvgIpc) is 2.14. The number of aliphatic hydroxyl groups is 1. The Morgan fingerprint density at radius 3 is 2.19 bits per heavy atom. The van der Waals surface area contributed by atoms with E-state index in [0.29, 0.717) is 12.0 Å². The van der Waals surface area contributed by atoms with E-state index in [4.69, 9.17) is 0 Å². The molecule has 16 heavy (non-hydrogen) atoms. The van der Waals surface area contributed by atoms with E-state index in [1.165, 1.54) is 44.9 Å². The van der Waals surface area contributed by atoms with Crippen LogP contribution in [0, 0.1) is 5.92 Å². The molecule has 1 aliphatic carbocycles. The van der Waals surface area contributed by atoms with Crippen LogP contribution in [0.4, 0.5) is 0 Å². The zero-order chi connectivity index (χ0) is 11.8. The lowest BCUT2D eigenvalue weighted by atomic mass is 9.96. The second-order valence-corrected chi connectivity index (χ2v) is 5.73. The standard InChI is InChI=1S/C14H29NO/c1-12(2)10-14(16)11-15-13-8-6-4-3-5-7-9-13/h12-16H,3-11H2,1-2H3. The van der Waals surface area contributed by atoms with E-state index in [-0.39, 0.29) is 6.10 Å². The van der Waals surface area contributed by atoms with Gasteiger partial charge in [0.2, 0.25) is 0 Å². The third kappa shape index (κ3) is 6.49. The summed E-state index contributed by atoms with van der Waals surface area (Å²) in [4.78, 5) is 0.